The van der Waals surface area contributed by atoms with Gasteiger partial charge < -0.3 is 15.1 Å². The Balaban J connectivity index is 1.95. The molecule has 5 heteroatoms. The van der Waals surface area contributed by atoms with E-state index in [1.165, 1.54) is 5.69 Å². The normalized spacial score (nSPS) is 17.2. The van der Waals surface area contributed by atoms with Crippen LogP contribution in [0.4, 0.5) is 11.5 Å². The van der Waals surface area contributed by atoms with E-state index in [1.807, 2.05) is 12.1 Å². The number of nitrogen functional groups attached to an aromatic ring is 1. The number of aromatic nitrogens is 1. The van der Waals surface area contributed by atoms with Crippen LogP contribution in [0, 0.1) is 0 Å². The highest BCUT2D eigenvalue weighted by atomic mass is 16.5. The third kappa shape index (κ3) is 3.08. The summed E-state index contributed by atoms with van der Waals surface area (Å²) in [5, 5.41) is 0. The minimum absolute atomic E-state index is 0.421. The maximum Gasteiger partial charge on any atom is 0.141 e. The number of piperidine rings is 1. The molecule has 1 aromatic rings. The van der Waals surface area contributed by atoms with Gasteiger partial charge in [0.05, 0.1) is 6.10 Å². The number of nitrogens with two attached hydrogens (primary N) is 1. The van der Waals surface area contributed by atoms with Crippen LogP contribution in [0.25, 0.3) is 0 Å². The average molecular weight is 236 g/mol. The van der Waals surface area contributed by atoms with Gasteiger partial charge in [0.25, 0.3) is 0 Å². The van der Waals surface area contributed by atoms with Crippen LogP contribution in [0.5, 0.6) is 0 Å². The summed E-state index contributed by atoms with van der Waals surface area (Å²) in [6, 6.07) is 3.99. The Morgan fingerprint density at radius 3 is 2.94 bits per heavy atom. The summed E-state index contributed by atoms with van der Waals surface area (Å²) in [7, 11) is 0. The standard InChI is InChI=1S/C12H20N4O/c1-2-17-11-4-7-16(8-5-11)10-3-6-14-12(9-10)15-13/h3,6,9,11H,2,4-5,7-8,13H2,1H3,(H,14,15). The van der Waals surface area contributed by atoms with E-state index in [0.29, 0.717) is 11.9 Å². The van der Waals surface area contributed by atoms with Crippen LogP contribution >= 0.6 is 0 Å². The van der Waals surface area contributed by atoms with E-state index in [2.05, 4.69) is 22.2 Å². The van der Waals surface area contributed by atoms with Gasteiger partial charge in [-0.1, -0.05) is 0 Å². The number of rotatable bonds is 4. The van der Waals surface area contributed by atoms with E-state index in [-0.39, 0.29) is 0 Å². The summed E-state index contributed by atoms with van der Waals surface area (Å²) in [5.41, 5.74) is 3.74. The van der Waals surface area contributed by atoms with Crippen LogP contribution in [0.2, 0.25) is 0 Å². The van der Waals surface area contributed by atoms with Gasteiger partial charge in [0, 0.05) is 37.6 Å². The number of pyridine rings is 1. The summed E-state index contributed by atoms with van der Waals surface area (Å²) in [6.45, 7) is 4.91. The smallest absolute Gasteiger partial charge is 0.141 e. The summed E-state index contributed by atoms with van der Waals surface area (Å²) in [5.74, 6) is 6.06. The number of anilines is 2. The van der Waals surface area contributed by atoms with Crippen molar-refractivity contribution in [2.45, 2.75) is 25.9 Å². The fourth-order valence-electron chi connectivity index (χ4n) is 2.21. The van der Waals surface area contributed by atoms with Crippen LogP contribution in [-0.2, 0) is 4.74 Å². The fraction of sp³-hybridized carbons (Fsp3) is 0.583. The Hall–Kier alpha value is -1.33. The molecule has 0 amide bonds. The molecule has 3 N–H and O–H groups in total. The van der Waals surface area contributed by atoms with Crippen molar-refractivity contribution in [3.63, 3.8) is 0 Å². The molecule has 2 heterocycles. The zero-order chi connectivity index (χ0) is 12.1. The Labute approximate surface area is 102 Å². The SMILES string of the molecule is CCOC1CCN(c2ccnc(NN)c2)CC1. The second kappa shape index (κ2) is 5.84. The second-order valence-electron chi connectivity index (χ2n) is 4.19. The molecular weight excluding hydrogens is 216 g/mol. The first-order valence-electron chi connectivity index (χ1n) is 6.12. The Kier molecular flexibility index (Phi) is 4.17. The number of nitrogens with zero attached hydrogens (tertiary/aromatic N) is 2. The van der Waals surface area contributed by atoms with Crippen LogP contribution in [0.15, 0.2) is 18.3 Å². The highest BCUT2D eigenvalue weighted by Gasteiger charge is 2.19. The maximum absolute atomic E-state index is 5.64. The molecule has 5 nitrogen and oxygen atoms in total. The van der Waals surface area contributed by atoms with Crippen molar-refractivity contribution in [2.24, 2.45) is 5.84 Å². The highest BCUT2D eigenvalue weighted by molar-refractivity contribution is 5.53. The zero-order valence-electron chi connectivity index (χ0n) is 10.2. The van der Waals surface area contributed by atoms with Gasteiger partial charge in [-0.25, -0.2) is 10.8 Å². The average Bonchev–Trinajstić information content (AvgIpc) is 2.40. The number of hydrazine groups is 1. The monoisotopic (exact) mass is 236 g/mol. The molecule has 1 aromatic heterocycles. The second-order valence-corrected chi connectivity index (χ2v) is 4.19. The van der Waals surface area contributed by atoms with Gasteiger partial charge in [-0.15, -0.1) is 0 Å². The van der Waals surface area contributed by atoms with Crippen LogP contribution in [0.3, 0.4) is 0 Å². The first kappa shape index (κ1) is 12.1. The number of hydrogen-bond donors (Lipinski definition) is 2. The third-order valence-corrected chi connectivity index (χ3v) is 3.10. The summed E-state index contributed by atoms with van der Waals surface area (Å²) in [6.07, 6.45) is 4.37. The lowest BCUT2D eigenvalue weighted by atomic mass is 10.1. The molecule has 0 radical (unpaired) electrons. The number of nitrogens with one attached hydrogen (secondary N) is 1. The number of hydrogen-bond acceptors (Lipinski definition) is 5. The fourth-order valence-corrected chi connectivity index (χ4v) is 2.21. The van der Waals surface area contributed by atoms with E-state index in [0.717, 1.165) is 32.5 Å². The Bertz CT molecular complexity index is 350. The minimum Gasteiger partial charge on any atom is -0.378 e. The van der Waals surface area contributed by atoms with E-state index in [1.54, 1.807) is 6.20 Å². The molecule has 0 saturated carbocycles. The van der Waals surface area contributed by atoms with Crippen LogP contribution < -0.4 is 16.2 Å². The molecular formula is C12H20N4O. The first-order valence-corrected chi connectivity index (χ1v) is 6.12. The molecule has 0 unspecified atom stereocenters. The van der Waals surface area contributed by atoms with Crippen molar-refractivity contribution in [3.8, 4) is 0 Å². The van der Waals surface area contributed by atoms with Crippen molar-refractivity contribution in [3.05, 3.63) is 18.3 Å². The van der Waals surface area contributed by atoms with Crippen molar-refractivity contribution in [1.82, 2.24) is 4.98 Å². The van der Waals surface area contributed by atoms with Gasteiger partial charge in [-0.2, -0.15) is 0 Å². The van der Waals surface area contributed by atoms with Gasteiger partial charge in [-0.3, -0.25) is 0 Å². The quantitative estimate of drug-likeness (QED) is 0.610. The van der Waals surface area contributed by atoms with Gasteiger partial charge >= 0.3 is 0 Å². The van der Waals surface area contributed by atoms with Crippen molar-refractivity contribution in [2.75, 3.05) is 30.0 Å². The number of ether oxygens (including phenoxy) is 1. The molecule has 1 saturated heterocycles. The third-order valence-electron chi connectivity index (χ3n) is 3.10. The van der Waals surface area contributed by atoms with E-state index in [4.69, 9.17) is 10.6 Å². The molecule has 0 aromatic carbocycles. The van der Waals surface area contributed by atoms with Crippen molar-refractivity contribution >= 4 is 11.5 Å². The minimum atomic E-state index is 0.421. The lowest BCUT2D eigenvalue weighted by molar-refractivity contribution is 0.0459. The predicted molar refractivity (Wildman–Crippen MR) is 68.9 cm³/mol. The first-order chi connectivity index (χ1) is 8.33. The summed E-state index contributed by atoms with van der Waals surface area (Å²) < 4.78 is 5.64. The molecule has 0 spiro atoms. The topological polar surface area (TPSA) is 63.4 Å². The summed E-state index contributed by atoms with van der Waals surface area (Å²) >= 11 is 0. The molecule has 2 rings (SSSR count). The lowest BCUT2D eigenvalue weighted by Gasteiger charge is -2.33. The Morgan fingerprint density at radius 1 is 1.53 bits per heavy atom. The molecule has 1 aliphatic heterocycles. The van der Waals surface area contributed by atoms with Crippen molar-refractivity contribution in [1.29, 1.82) is 0 Å². The van der Waals surface area contributed by atoms with Gasteiger partial charge in [-0.05, 0) is 25.8 Å². The van der Waals surface area contributed by atoms with Crippen molar-refractivity contribution < 1.29 is 4.74 Å². The van der Waals surface area contributed by atoms with Crippen LogP contribution in [-0.4, -0.2) is 30.8 Å². The molecule has 0 atom stereocenters. The van der Waals surface area contributed by atoms with E-state index >= 15 is 0 Å². The van der Waals surface area contributed by atoms with E-state index in [9.17, 15) is 0 Å². The molecule has 94 valence electrons. The largest absolute Gasteiger partial charge is 0.378 e. The molecule has 0 aliphatic carbocycles. The molecule has 0 bridgehead atoms. The van der Waals surface area contributed by atoms with Gasteiger partial charge in [0.1, 0.15) is 5.82 Å². The molecule has 17 heavy (non-hydrogen) atoms. The van der Waals surface area contributed by atoms with Gasteiger partial charge in [0.2, 0.25) is 0 Å². The van der Waals surface area contributed by atoms with E-state index < -0.39 is 0 Å². The summed E-state index contributed by atoms with van der Waals surface area (Å²) in [4.78, 5) is 6.45. The maximum atomic E-state index is 5.64. The highest BCUT2D eigenvalue weighted by Crippen LogP contribution is 2.22. The molecule has 1 aliphatic rings. The van der Waals surface area contributed by atoms with Crippen LogP contribution in [0.1, 0.15) is 19.8 Å². The predicted octanol–water partition coefficient (Wildman–Crippen LogP) is 1.37. The molecule has 1 fully saturated rings. The Morgan fingerprint density at radius 2 is 2.29 bits per heavy atom. The lowest BCUT2D eigenvalue weighted by Crippen LogP contribution is -2.37. The van der Waals surface area contributed by atoms with Gasteiger partial charge in [0.15, 0.2) is 0 Å². The zero-order valence-corrected chi connectivity index (χ0v) is 10.2.